The Bertz CT molecular complexity index is 1050. The van der Waals surface area contributed by atoms with E-state index < -0.39 is 42.4 Å². The molecule has 2 aromatic rings. The van der Waals surface area contributed by atoms with Gasteiger partial charge in [0, 0.05) is 11.1 Å². The maximum Gasteiger partial charge on any atom is 0.442 e. The number of alkyl halides is 6. The van der Waals surface area contributed by atoms with E-state index in [4.69, 9.17) is 9.47 Å². The van der Waals surface area contributed by atoms with Crippen molar-refractivity contribution in [2.75, 3.05) is 6.79 Å². The third-order valence-electron chi connectivity index (χ3n) is 4.82. The van der Waals surface area contributed by atoms with Crippen molar-refractivity contribution in [3.05, 3.63) is 70.8 Å². The second kappa shape index (κ2) is 7.35. The van der Waals surface area contributed by atoms with Crippen LogP contribution in [0.2, 0.25) is 0 Å². The van der Waals surface area contributed by atoms with Crippen molar-refractivity contribution >= 4 is 11.9 Å². The molecule has 2 heterocycles. The molecule has 0 spiro atoms. The van der Waals surface area contributed by atoms with Crippen LogP contribution in [0.1, 0.15) is 31.8 Å². The van der Waals surface area contributed by atoms with Crippen LogP contribution in [0.5, 0.6) is 0 Å². The van der Waals surface area contributed by atoms with Crippen molar-refractivity contribution in [3.8, 4) is 0 Å². The number of benzene rings is 2. The Hall–Kier alpha value is -3.84. The second-order valence-electron chi connectivity index (χ2n) is 6.88. The third-order valence-corrected chi connectivity index (χ3v) is 4.82. The van der Waals surface area contributed by atoms with E-state index in [-0.39, 0.29) is 22.3 Å². The van der Waals surface area contributed by atoms with E-state index in [0.717, 1.165) is 48.5 Å². The number of ether oxygens (including phenoxy) is 2. The van der Waals surface area contributed by atoms with Gasteiger partial charge < -0.3 is 9.47 Å². The molecule has 0 saturated heterocycles. The Morgan fingerprint density at radius 2 is 0.939 bits per heavy atom. The Labute approximate surface area is 179 Å². The molecule has 0 saturated carbocycles. The van der Waals surface area contributed by atoms with Crippen LogP contribution in [0.15, 0.2) is 69.0 Å². The van der Waals surface area contributed by atoms with Gasteiger partial charge in [0.2, 0.25) is 6.79 Å². The SMILES string of the molecule is O=C(OCOC(=O)c1ccc(C2(C(F)(F)F)N=N2)cc1)c1ccc(C2(C(F)(F)F)N=N2)cc1. The Morgan fingerprint density at radius 1 is 0.636 bits per heavy atom. The van der Waals surface area contributed by atoms with Crippen LogP contribution in [0.4, 0.5) is 26.3 Å². The molecule has 0 unspecified atom stereocenters. The van der Waals surface area contributed by atoms with Gasteiger partial charge in [-0.1, -0.05) is 24.3 Å². The van der Waals surface area contributed by atoms with Gasteiger partial charge in [-0.05, 0) is 24.3 Å². The fourth-order valence-electron chi connectivity index (χ4n) is 2.87. The van der Waals surface area contributed by atoms with E-state index in [1.165, 1.54) is 0 Å². The van der Waals surface area contributed by atoms with Gasteiger partial charge in [-0.3, -0.25) is 0 Å². The zero-order chi connectivity index (χ0) is 24.1. The molecule has 0 aliphatic carbocycles. The molecule has 0 aromatic heterocycles. The molecule has 2 aromatic carbocycles. The van der Waals surface area contributed by atoms with Crippen LogP contribution in [-0.2, 0) is 20.8 Å². The molecule has 0 N–H and O–H groups in total. The zero-order valence-corrected chi connectivity index (χ0v) is 16.0. The number of carbonyl (C=O) groups is 2. The number of hydrogen-bond acceptors (Lipinski definition) is 8. The van der Waals surface area contributed by atoms with Gasteiger partial charge in [-0.15, -0.1) is 20.5 Å². The average Bonchev–Trinajstić information content (AvgIpc) is 3.66. The molecule has 0 radical (unpaired) electrons. The lowest BCUT2D eigenvalue weighted by Gasteiger charge is -2.15. The van der Waals surface area contributed by atoms with Gasteiger partial charge in [-0.25, -0.2) is 9.59 Å². The van der Waals surface area contributed by atoms with Crippen LogP contribution in [0.25, 0.3) is 0 Å². The van der Waals surface area contributed by atoms with E-state index >= 15 is 0 Å². The van der Waals surface area contributed by atoms with E-state index in [1.54, 1.807) is 0 Å². The fourth-order valence-corrected chi connectivity index (χ4v) is 2.87. The zero-order valence-electron chi connectivity index (χ0n) is 16.0. The van der Waals surface area contributed by atoms with Crippen molar-refractivity contribution in [1.29, 1.82) is 0 Å². The summed E-state index contributed by atoms with van der Waals surface area (Å²) in [6.45, 7) is -0.838. The van der Waals surface area contributed by atoms with E-state index in [1.807, 2.05) is 0 Å². The number of carbonyl (C=O) groups excluding carboxylic acids is 2. The first-order chi connectivity index (χ1) is 15.4. The lowest BCUT2D eigenvalue weighted by molar-refractivity contribution is -0.166. The standard InChI is InChI=1S/C19H10F6N4O4/c20-18(21,22)16(26-27-16)12-5-1-10(2-6-12)14(30)32-9-33-15(31)11-3-7-13(8-4-11)17(28-29-17)19(23,24)25/h1-8H,9H2. The molecule has 33 heavy (non-hydrogen) atoms. The molecule has 2 aliphatic heterocycles. The summed E-state index contributed by atoms with van der Waals surface area (Å²) in [7, 11) is 0. The van der Waals surface area contributed by atoms with Gasteiger partial charge in [0.05, 0.1) is 11.1 Å². The first-order valence-corrected chi connectivity index (χ1v) is 8.96. The predicted molar refractivity (Wildman–Crippen MR) is 93.8 cm³/mol. The Morgan fingerprint density at radius 3 is 1.18 bits per heavy atom. The summed E-state index contributed by atoms with van der Waals surface area (Å²) in [5.74, 6) is -1.97. The summed E-state index contributed by atoms with van der Waals surface area (Å²) >= 11 is 0. The summed E-state index contributed by atoms with van der Waals surface area (Å²) in [4.78, 5) is 24.0. The molecule has 172 valence electrons. The number of nitrogens with zero attached hydrogens (tertiary/aromatic N) is 4. The first kappa shape index (κ1) is 22.4. The first-order valence-electron chi connectivity index (χ1n) is 8.96. The molecule has 14 heteroatoms. The van der Waals surface area contributed by atoms with Gasteiger partial charge >= 0.3 is 35.6 Å². The maximum atomic E-state index is 13.0. The minimum Gasteiger partial charge on any atom is -0.424 e. The number of rotatable bonds is 6. The monoisotopic (exact) mass is 472 g/mol. The highest BCUT2D eigenvalue weighted by Gasteiger charge is 2.65. The molecule has 0 atom stereocenters. The average molecular weight is 472 g/mol. The largest absolute Gasteiger partial charge is 0.442 e. The highest BCUT2D eigenvalue weighted by atomic mass is 19.4. The molecule has 2 aliphatic rings. The normalized spacial score (nSPS) is 17.4. The fraction of sp³-hybridized carbons (Fsp3) is 0.263. The Balaban J connectivity index is 1.30. The predicted octanol–water partition coefficient (Wildman–Crippen LogP) is 5.02. The quantitative estimate of drug-likeness (QED) is 0.335. The molecule has 0 bridgehead atoms. The highest BCUT2D eigenvalue weighted by molar-refractivity contribution is 5.90. The summed E-state index contributed by atoms with van der Waals surface area (Å²) in [5, 5.41) is 12.2. The van der Waals surface area contributed by atoms with E-state index in [9.17, 15) is 35.9 Å². The van der Waals surface area contributed by atoms with Crippen LogP contribution in [0.3, 0.4) is 0 Å². The van der Waals surface area contributed by atoms with Gasteiger partial charge in [-0.2, -0.15) is 26.3 Å². The second-order valence-corrected chi connectivity index (χ2v) is 6.88. The van der Waals surface area contributed by atoms with E-state index in [0.29, 0.717) is 0 Å². The smallest absolute Gasteiger partial charge is 0.424 e. The minimum atomic E-state index is -4.71. The summed E-state index contributed by atoms with van der Waals surface area (Å²) in [5.41, 5.74) is -6.04. The molecule has 4 rings (SSSR count). The Kier molecular flexibility index (Phi) is 4.98. The molecule has 0 fully saturated rings. The third kappa shape index (κ3) is 3.91. The molecule has 0 amide bonds. The van der Waals surface area contributed by atoms with Crippen molar-refractivity contribution in [1.82, 2.24) is 0 Å². The number of hydrogen-bond donors (Lipinski definition) is 0. The van der Waals surface area contributed by atoms with Crippen molar-refractivity contribution in [3.63, 3.8) is 0 Å². The number of halogens is 6. The van der Waals surface area contributed by atoms with Crippen molar-refractivity contribution in [2.45, 2.75) is 23.7 Å². The van der Waals surface area contributed by atoms with Gasteiger partial charge in [0.25, 0.3) is 0 Å². The lowest BCUT2D eigenvalue weighted by atomic mass is 10.0. The summed E-state index contributed by atoms with van der Waals surface area (Å²) < 4.78 is 87.3. The number of esters is 2. The van der Waals surface area contributed by atoms with Gasteiger partial charge in [0.1, 0.15) is 0 Å². The summed E-state index contributed by atoms with van der Waals surface area (Å²) in [6.07, 6.45) is -9.42. The minimum absolute atomic E-state index is 0.119. The van der Waals surface area contributed by atoms with Crippen LogP contribution < -0.4 is 0 Å². The van der Waals surface area contributed by atoms with Crippen LogP contribution in [0, 0.1) is 0 Å². The van der Waals surface area contributed by atoms with Gasteiger partial charge in [0.15, 0.2) is 0 Å². The van der Waals surface area contributed by atoms with E-state index in [2.05, 4.69) is 20.5 Å². The highest BCUT2D eigenvalue weighted by Crippen LogP contribution is 2.53. The maximum absolute atomic E-state index is 13.0. The van der Waals surface area contributed by atoms with Crippen LogP contribution in [-0.4, -0.2) is 31.1 Å². The van der Waals surface area contributed by atoms with Crippen LogP contribution >= 0.6 is 0 Å². The molecule has 8 nitrogen and oxygen atoms in total. The van der Waals surface area contributed by atoms with Crippen molar-refractivity contribution in [2.24, 2.45) is 20.5 Å². The van der Waals surface area contributed by atoms with Crippen molar-refractivity contribution < 1.29 is 45.4 Å². The lowest BCUT2D eigenvalue weighted by Crippen LogP contribution is -2.30. The molecular formula is C19H10F6N4O4. The molecular weight excluding hydrogens is 462 g/mol. The summed E-state index contributed by atoms with van der Waals surface area (Å²) in [6, 6.07) is 8.35. The topological polar surface area (TPSA) is 102 Å².